The molecule has 1 aliphatic carbocycles. The fourth-order valence-corrected chi connectivity index (χ4v) is 2.83. The highest BCUT2D eigenvalue weighted by Gasteiger charge is 2.24. The van der Waals surface area contributed by atoms with Gasteiger partial charge in [0.25, 0.3) is 5.91 Å². The second kappa shape index (κ2) is 7.31. The van der Waals surface area contributed by atoms with Crippen molar-refractivity contribution in [1.29, 1.82) is 0 Å². The molecular weight excluding hydrogens is 290 g/mol. The number of rotatable bonds is 5. The van der Waals surface area contributed by atoms with E-state index in [9.17, 15) is 4.79 Å². The summed E-state index contributed by atoms with van der Waals surface area (Å²) < 4.78 is 5.10. The van der Waals surface area contributed by atoms with Crippen LogP contribution in [0.2, 0.25) is 0 Å². The van der Waals surface area contributed by atoms with Crippen LogP contribution < -0.4 is 15.5 Å². The summed E-state index contributed by atoms with van der Waals surface area (Å²) in [4.78, 5) is 11.9. The van der Waals surface area contributed by atoms with Crippen molar-refractivity contribution in [3.05, 3.63) is 35.9 Å². The predicted octanol–water partition coefficient (Wildman–Crippen LogP) is 3.35. The Morgan fingerprint density at radius 2 is 1.96 bits per heavy atom. The zero-order valence-electron chi connectivity index (χ0n) is 14.3. The SMILES string of the molecule is COc1ccc(NCC(=O)N/N=C2\C=C(C)CC(C)(C)C2)cc1. The molecule has 1 aromatic carbocycles. The van der Waals surface area contributed by atoms with Gasteiger partial charge in [-0.2, -0.15) is 5.10 Å². The second-order valence-corrected chi connectivity index (χ2v) is 6.73. The number of benzene rings is 1. The van der Waals surface area contributed by atoms with Crippen LogP contribution in [0.1, 0.15) is 33.6 Å². The summed E-state index contributed by atoms with van der Waals surface area (Å²) >= 11 is 0. The maximum atomic E-state index is 11.9. The lowest BCUT2D eigenvalue weighted by atomic mass is 9.77. The normalized spacial score (nSPS) is 18.3. The summed E-state index contributed by atoms with van der Waals surface area (Å²) in [6, 6.07) is 7.43. The summed E-state index contributed by atoms with van der Waals surface area (Å²) in [5.74, 6) is 0.622. The van der Waals surface area contributed by atoms with Gasteiger partial charge in [0, 0.05) is 5.69 Å². The molecule has 0 heterocycles. The van der Waals surface area contributed by atoms with E-state index in [0.29, 0.717) is 0 Å². The third kappa shape index (κ3) is 5.43. The van der Waals surface area contributed by atoms with Gasteiger partial charge in [-0.1, -0.05) is 19.4 Å². The number of hydrogen-bond acceptors (Lipinski definition) is 4. The first-order valence-electron chi connectivity index (χ1n) is 7.78. The molecule has 0 saturated heterocycles. The highest BCUT2D eigenvalue weighted by molar-refractivity contribution is 5.97. The monoisotopic (exact) mass is 315 g/mol. The fourth-order valence-electron chi connectivity index (χ4n) is 2.83. The zero-order valence-corrected chi connectivity index (χ0v) is 14.3. The summed E-state index contributed by atoms with van der Waals surface area (Å²) in [6.07, 6.45) is 4.00. The van der Waals surface area contributed by atoms with E-state index in [1.54, 1.807) is 7.11 Å². The first-order chi connectivity index (χ1) is 10.9. The van der Waals surface area contributed by atoms with Crippen molar-refractivity contribution in [3.8, 4) is 5.75 Å². The number of hydrogen-bond donors (Lipinski definition) is 2. The Bertz CT molecular complexity index is 616. The van der Waals surface area contributed by atoms with Gasteiger partial charge in [0.2, 0.25) is 0 Å². The molecule has 0 aromatic heterocycles. The molecule has 0 atom stereocenters. The van der Waals surface area contributed by atoms with Crippen molar-refractivity contribution in [2.45, 2.75) is 33.6 Å². The van der Waals surface area contributed by atoms with Gasteiger partial charge >= 0.3 is 0 Å². The van der Waals surface area contributed by atoms with E-state index in [-0.39, 0.29) is 17.9 Å². The number of nitrogens with one attached hydrogen (secondary N) is 2. The van der Waals surface area contributed by atoms with Crippen molar-refractivity contribution in [3.63, 3.8) is 0 Å². The molecule has 0 radical (unpaired) electrons. The Morgan fingerprint density at radius 1 is 1.26 bits per heavy atom. The molecule has 2 N–H and O–H groups in total. The molecule has 0 aliphatic heterocycles. The van der Waals surface area contributed by atoms with E-state index in [2.05, 4.69) is 42.7 Å². The van der Waals surface area contributed by atoms with Crippen LogP contribution in [0.5, 0.6) is 5.75 Å². The minimum atomic E-state index is -0.164. The third-order valence-electron chi connectivity index (χ3n) is 3.70. The molecule has 5 nitrogen and oxygen atoms in total. The molecule has 0 saturated carbocycles. The quantitative estimate of drug-likeness (QED) is 0.819. The van der Waals surface area contributed by atoms with Gasteiger partial charge in [-0.05, 0) is 55.5 Å². The van der Waals surface area contributed by atoms with E-state index in [1.165, 1.54) is 5.57 Å². The maximum Gasteiger partial charge on any atom is 0.259 e. The number of allylic oxidation sites excluding steroid dienone is 2. The van der Waals surface area contributed by atoms with Crippen LogP contribution in [-0.4, -0.2) is 25.3 Å². The number of anilines is 1. The summed E-state index contributed by atoms with van der Waals surface area (Å²) in [7, 11) is 1.62. The van der Waals surface area contributed by atoms with Crippen LogP contribution in [0.25, 0.3) is 0 Å². The molecule has 124 valence electrons. The molecule has 2 rings (SSSR count). The van der Waals surface area contributed by atoms with Crippen molar-refractivity contribution >= 4 is 17.3 Å². The van der Waals surface area contributed by atoms with E-state index in [1.807, 2.05) is 24.3 Å². The molecule has 0 bridgehead atoms. The van der Waals surface area contributed by atoms with Crippen molar-refractivity contribution in [2.24, 2.45) is 10.5 Å². The van der Waals surface area contributed by atoms with E-state index >= 15 is 0 Å². The number of methoxy groups -OCH3 is 1. The van der Waals surface area contributed by atoms with E-state index in [4.69, 9.17) is 4.74 Å². The van der Waals surface area contributed by atoms with Crippen LogP contribution in [0.4, 0.5) is 5.69 Å². The smallest absolute Gasteiger partial charge is 0.259 e. The maximum absolute atomic E-state index is 11.9. The van der Waals surface area contributed by atoms with Gasteiger partial charge < -0.3 is 10.1 Å². The molecule has 1 amide bonds. The Hall–Kier alpha value is -2.30. The second-order valence-electron chi connectivity index (χ2n) is 6.73. The minimum Gasteiger partial charge on any atom is -0.497 e. The molecule has 0 spiro atoms. The van der Waals surface area contributed by atoms with Crippen LogP contribution >= 0.6 is 0 Å². The third-order valence-corrected chi connectivity index (χ3v) is 3.70. The number of carbonyl (C=O) groups is 1. The average molecular weight is 315 g/mol. The molecule has 0 fully saturated rings. The highest BCUT2D eigenvalue weighted by Crippen LogP contribution is 2.33. The molecule has 1 aliphatic rings. The lowest BCUT2D eigenvalue weighted by Gasteiger charge is -2.29. The van der Waals surface area contributed by atoms with Crippen LogP contribution in [0, 0.1) is 5.41 Å². The fraction of sp³-hybridized carbons (Fsp3) is 0.444. The lowest BCUT2D eigenvalue weighted by Crippen LogP contribution is -2.28. The summed E-state index contributed by atoms with van der Waals surface area (Å²) in [5, 5.41) is 7.31. The zero-order chi connectivity index (χ0) is 16.9. The van der Waals surface area contributed by atoms with Gasteiger partial charge in [-0.25, -0.2) is 5.43 Å². The van der Waals surface area contributed by atoms with Gasteiger partial charge in [0.05, 0.1) is 19.4 Å². The number of carbonyl (C=O) groups excluding carboxylic acids is 1. The first kappa shape index (κ1) is 17.1. The highest BCUT2D eigenvalue weighted by atomic mass is 16.5. The molecular formula is C18H25N3O2. The van der Waals surface area contributed by atoms with Gasteiger partial charge in [0.1, 0.15) is 5.75 Å². The Morgan fingerprint density at radius 3 is 2.57 bits per heavy atom. The molecule has 0 unspecified atom stereocenters. The number of ether oxygens (including phenoxy) is 1. The van der Waals surface area contributed by atoms with Crippen LogP contribution in [0.15, 0.2) is 41.0 Å². The number of nitrogens with zero attached hydrogens (tertiary/aromatic N) is 1. The Labute approximate surface area is 137 Å². The predicted molar refractivity (Wildman–Crippen MR) is 93.8 cm³/mol. The topological polar surface area (TPSA) is 62.7 Å². The number of hydrazone groups is 1. The van der Waals surface area contributed by atoms with Crippen molar-refractivity contribution in [1.82, 2.24) is 5.43 Å². The lowest BCUT2D eigenvalue weighted by molar-refractivity contribution is -0.119. The summed E-state index contributed by atoms with van der Waals surface area (Å²) in [5.41, 5.74) is 5.91. The van der Waals surface area contributed by atoms with Crippen LogP contribution in [0.3, 0.4) is 0 Å². The van der Waals surface area contributed by atoms with Crippen molar-refractivity contribution < 1.29 is 9.53 Å². The van der Waals surface area contributed by atoms with E-state index in [0.717, 1.165) is 30.0 Å². The average Bonchev–Trinajstić information content (AvgIpc) is 2.49. The largest absolute Gasteiger partial charge is 0.497 e. The van der Waals surface area contributed by atoms with Crippen molar-refractivity contribution in [2.75, 3.05) is 19.0 Å². The van der Waals surface area contributed by atoms with Gasteiger partial charge in [-0.3, -0.25) is 4.79 Å². The molecule has 23 heavy (non-hydrogen) atoms. The molecule has 5 heteroatoms. The number of amides is 1. The Balaban J connectivity index is 1.85. The van der Waals surface area contributed by atoms with E-state index < -0.39 is 0 Å². The first-order valence-corrected chi connectivity index (χ1v) is 7.78. The minimum absolute atomic E-state index is 0.164. The standard InChI is InChI=1S/C18H25N3O2/c1-13-9-15(11-18(2,3)10-13)20-21-17(22)12-19-14-5-7-16(23-4)8-6-14/h5-9,19H,10-12H2,1-4H3,(H,21,22)/b20-15+. The molecule has 1 aromatic rings. The summed E-state index contributed by atoms with van der Waals surface area (Å²) in [6.45, 7) is 6.71. The van der Waals surface area contributed by atoms with Gasteiger partial charge in [0.15, 0.2) is 0 Å². The Kier molecular flexibility index (Phi) is 5.42. The van der Waals surface area contributed by atoms with Gasteiger partial charge in [-0.15, -0.1) is 0 Å². The van der Waals surface area contributed by atoms with Crippen LogP contribution in [-0.2, 0) is 4.79 Å².